The zero-order chi connectivity index (χ0) is 18.5. The van der Waals surface area contributed by atoms with Crippen LogP contribution in [-0.4, -0.2) is 29.9 Å². The number of benzene rings is 2. The fraction of sp³-hybridized carbons (Fsp3) is 0.200. The Morgan fingerprint density at radius 1 is 1.19 bits per heavy atom. The summed E-state index contributed by atoms with van der Waals surface area (Å²) in [5.41, 5.74) is 2.09. The standard InChI is InChI=1S/C20H20FN3O2/c1-24(2)18(15-9-6-10-16(21)11-15)19(25)22-12-17-13-26-20(23-17)14-7-4-3-5-8-14/h3-11,13,18H,12H2,1-2H3,(H,22,25)/t18-/m1/s1. The molecule has 0 unspecified atom stereocenters. The lowest BCUT2D eigenvalue weighted by Gasteiger charge is -2.23. The van der Waals surface area contributed by atoms with E-state index in [2.05, 4.69) is 10.3 Å². The maximum atomic E-state index is 13.5. The van der Waals surface area contributed by atoms with Crippen molar-refractivity contribution in [3.63, 3.8) is 0 Å². The first-order chi connectivity index (χ1) is 12.5. The minimum Gasteiger partial charge on any atom is -0.444 e. The van der Waals surface area contributed by atoms with Crippen molar-refractivity contribution in [3.8, 4) is 11.5 Å². The maximum absolute atomic E-state index is 13.5. The van der Waals surface area contributed by atoms with Crippen LogP contribution in [0, 0.1) is 5.82 Å². The highest BCUT2D eigenvalue weighted by atomic mass is 19.1. The highest BCUT2D eigenvalue weighted by Crippen LogP contribution is 2.20. The minimum atomic E-state index is -0.591. The molecule has 6 heteroatoms. The van der Waals surface area contributed by atoms with Gasteiger partial charge in [0.25, 0.3) is 0 Å². The van der Waals surface area contributed by atoms with Gasteiger partial charge in [0.15, 0.2) is 0 Å². The topological polar surface area (TPSA) is 58.4 Å². The van der Waals surface area contributed by atoms with Crippen molar-refractivity contribution in [3.05, 3.63) is 77.9 Å². The first kappa shape index (κ1) is 17.8. The molecular formula is C20H20FN3O2. The number of hydrogen-bond acceptors (Lipinski definition) is 4. The highest BCUT2D eigenvalue weighted by Gasteiger charge is 2.23. The van der Waals surface area contributed by atoms with Crippen LogP contribution in [-0.2, 0) is 11.3 Å². The lowest BCUT2D eigenvalue weighted by atomic mass is 10.1. The number of rotatable bonds is 6. The Morgan fingerprint density at radius 3 is 2.65 bits per heavy atom. The average Bonchev–Trinajstić information content (AvgIpc) is 3.10. The number of nitrogens with zero attached hydrogens (tertiary/aromatic N) is 2. The van der Waals surface area contributed by atoms with Crippen LogP contribution in [0.15, 0.2) is 65.3 Å². The van der Waals surface area contributed by atoms with Crippen molar-refractivity contribution < 1.29 is 13.6 Å². The molecule has 5 nitrogen and oxygen atoms in total. The van der Waals surface area contributed by atoms with Gasteiger partial charge in [-0.05, 0) is 43.9 Å². The third-order valence-electron chi connectivity index (χ3n) is 3.95. The van der Waals surface area contributed by atoms with Gasteiger partial charge in [-0.3, -0.25) is 9.69 Å². The van der Waals surface area contributed by atoms with E-state index in [1.165, 1.54) is 18.4 Å². The van der Waals surface area contributed by atoms with Gasteiger partial charge in [-0.2, -0.15) is 0 Å². The van der Waals surface area contributed by atoms with Gasteiger partial charge in [0.2, 0.25) is 11.8 Å². The number of likely N-dealkylation sites (N-methyl/N-ethyl adjacent to an activating group) is 1. The summed E-state index contributed by atoms with van der Waals surface area (Å²) in [6.45, 7) is 0.231. The van der Waals surface area contributed by atoms with Crippen LogP contribution >= 0.6 is 0 Å². The smallest absolute Gasteiger partial charge is 0.242 e. The Morgan fingerprint density at radius 2 is 1.96 bits per heavy atom. The van der Waals surface area contributed by atoms with Gasteiger partial charge in [-0.1, -0.05) is 30.3 Å². The molecule has 0 aliphatic rings. The number of halogens is 1. The van der Waals surface area contributed by atoms with E-state index < -0.39 is 6.04 Å². The quantitative estimate of drug-likeness (QED) is 0.738. The first-order valence-electron chi connectivity index (χ1n) is 8.24. The van der Waals surface area contributed by atoms with E-state index >= 15 is 0 Å². The van der Waals surface area contributed by atoms with Crippen LogP contribution in [0.3, 0.4) is 0 Å². The molecule has 0 fully saturated rings. The largest absolute Gasteiger partial charge is 0.444 e. The third-order valence-corrected chi connectivity index (χ3v) is 3.95. The SMILES string of the molecule is CN(C)[C@@H](C(=O)NCc1coc(-c2ccccc2)n1)c1cccc(F)c1. The summed E-state index contributed by atoms with van der Waals surface area (Å²) in [6.07, 6.45) is 1.52. The summed E-state index contributed by atoms with van der Waals surface area (Å²) in [5, 5.41) is 2.84. The molecule has 0 spiro atoms. The highest BCUT2D eigenvalue weighted by molar-refractivity contribution is 5.83. The monoisotopic (exact) mass is 353 g/mol. The number of hydrogen-bond donors (Lipinski definition) is 1. The molecule has 0 radical (unpaired) electrons. The van der Waals surface area contributed by atoms with Gasteiger partial charge in [0.1, 0.15) is 18.1 Å². The van der Waals surface area contributed by atoms with Crippen LogP contribution in [0.4, 0.5) is 4.39 Å². The van der Waals surface area contributed by atoms with Gasteiger partial charge in [0, 0.05) is 5.56 Å². The van der Waals surface area contributed by atoms with Crippen LogP contribution in [0.2, 0.25) is 0 Å². The normalized spacial score (nSPS) is 12.2. The minimum absolute atomic E-state index is 0.231. The molecule has 1 heterocycles. The molecule has 0 bridgehead atoms. The maximum Gasteiger partial charge on any atom is 0.242 e. The molecule has 1 aromatic heterocycles. The van der Waals surface area contributed by atoms with Gasteiger partial charge in [0.05, 0.1) is 12.2 Å². The molecule has 0 saturated heterocycles. The Labute approximate surface area is 151 Å². The van der Waals surface area contributed by atoms with E-state index in [9.17, 15) is 9.18 Å². The van der Waals surface area contributed by atoms with Crippen molar-refractivity contribution in [2.24, 2.45) is 0 Å². The van der Waals surface area contributed by atoms with Crippen LogP contribution in [0.25, 0.3) is 11.5 Å². The van der Waals surface area contributed by atoms with Crippen molar-refractivity contribution in [1.82, 2.24) is 15.2 Å². The van der Waals surface area contributed by atoms with Crippen molar-refractivity contribution in [1.29, 1.82) is 0 Å². The van der Waals surface area contributed by atoms with Crippen LogP contribution in [0.1, 0.15) is 17.3 Å². The summed E-state index contributed by atoms with van der Waals surface area (Å²) in [7, 11) is 3.55. The van der Waals surface area contributed by atoms with Crippen LogP contribution < -0.4 is 5.32 Å². The van der Waals surface area contributed by atoms with Gasteiger partial charge >= 0.3 is 0 Å². The van der Waals surface area contributed by atoms with E-state index in [1.807, 2.05) is 30.3 Å². The lowest BCUT2D eigenvalue weighted by Crippen LogP contribution is -2.36. The molecule has 1 amide bonds. The van der Waals surface area contributed by atoms with E-state index in [4.69, 9.17) is 4.42 Å². The van der Waals surface area contributed by atoms with E-state index in [0.717, 1.165) is 5.56 Å². The second-order valence-electron chi connectivity index (χ2n) is 6.15. The molecule has 134 valence electrons. The molecular weight excluding hydrogens is 333 g/mol. The van der Waals surface area contributed by atoms with Crippen molar-refractivity contribution >= 4 is 5.91 Å². The zero-order valence-electron chi connectivity index (χ0n) is 14.6. The molecule has 0 saturated carbocycles. The first-order valence-corrected chi connectivity index (χ1v) is 8.24. The molecule has 26 heavy (non-hydrogen) atoms. The molecule has 3 rings (SSSR count). The Hall–Kier alpha value is -2.99. The molecule has 0 aliphatic carbocycles. The fourth-order valence-electron chi connectivity index (χ4n) is 2.74. The molecule has 2 aromatic carbocycles. The number of amides is 1. The summed E-state index contributed by atoms with van der Waals surface area (Å²) in [5.74, 6) is -0.0971. The average molecular weight is 353 g/mol. The van der Waals surface area contributed by atoms with E-state index in [1.54, 1.807) is 31.1 Å². The predicted octanol–water partition coefficient (Wildman–Crippen LogP) is 3.40. The second-order valence-corrected chi connectivity index (χ2v) is 6.15. The molecule has 0 aliphatic heterocycles. The Bertz CT molecular complexity index is 878. The van der Waals surface area contributed by atoms with E-state index in [-0.39, 0.29) is 18.3 Å². The van der Waals surface area contributed by atoms with Gasteiger partial charge in [-0.15, -0.1) is 0 Å². The molecule has 3 aromatic rings. The van der Waals surface area contributed by atoms with Crippen molar-refractivity contribution in [2.75, 3.05) is 14.1 Å². The number of carbonyl (C=O) groups excluding carboxylic acids is 1. The lowest BCUT2D eigenvalue weighted by molar-refractivity contribution is -0.126. The van der Waals surface area contributed by atoms with Gasteiger partial charge < -0.3 is 9.73 Å². The number of oxazole rings is 1. The van der Waals surface area contributed by atoms with Gasteiger partial charge in [-0.25, -0.2) is 9.37 Å². The summed E-state index contributed by atoms with van der Waals surface area (Å²) in [6, 6.07) is 15.0. The molecule has 1 atom stereocenters. The Balaban J connectivity index is 1.68. The summed E-state index contributed by atoms with van der Waals surface area (Å²) in [4.78, 5) is 18.7. The molecule has 1 N–H and O–H groups in total. The number of aromatic nitrogens is 1. The predicted molar refractivity (Wildman–Crippen MR) is 96.6 cm³/mol. The second kappa shape index (κ2) is 7.93. The summed E-state index contributed by atoms with van der Waals surface area (Å²) < 4.78 is 19.0. The number of nitrogens with one attached hydrogen (secondary N) is 1. The van der Waals surface area contributed by atoms with Crippen molar-refractivity contribution in [2.45, 2.75) is 12.6 Å². The fourth-order valence-corrected chi connectivity index (χ4v) is 2.74. The Kier molecular flexibility index (Phi) is 5.43. The van der Waals surface area contributed by atoms with Crippen LogP contribution in [0.5, 0.6) is 0 Å². The third kappa shape index (κ3) is 4.15. The number of carbonyl (C=O) groups is 1. The zero-order valence-corrected chi connectivity index (χ0v) is 14.6. The summed E-state index contributed by atoms with van der Waals surface area (Å²) >= 11 is 0. The van der Waals surface area contributed by atoms with E-state index in [0.29, 0.717) is 17.1 Å².